The Morgan fingerprint density at radius 1 is 1.92 bits per heavy atom. The summed E-state index contributed by atoms with van der Waals surface area (Å²) in [5.41, 5.74) is 5.60. The molecule has 12 heavy (non-hydrogen) atoms. The van der Waals surface area contributed by atoms with Gasteiger partial charge in [-0.3, -0.25) is 4.79 Å². The molecule has 0 spiro atoms. The molecule has 1 aromatic rings. The lowest BCUT2D eigenvalue weighted by Gasteiger charge is -2.03. The number of carboxylic acid groups (broad SMARTS) is 1. The maximum absolute atomic E-state index is 10.3. The molecule has 0 saturated carbocycles. The van der Waals surface area contributed by atoms with Gasteiger partial charge in [0.25, 0.3) is 0 Å². The van der Waals surface area contributed by atoms with E-state index in [2.05, 4.69) is 4.98 Å². The van der Waals surface area contributed by atoms with Crippen molar-refractivity contribution in [2.24, 2.45) is 5.73 Å². The summed E-state index contributed by atoms with van der Waals surface area (Å²) in [6, 6.07) is -0.423. The first-order chi connectivity index (χ1) is 5.59. The molecule has 0 radical (unpaired) electrons. The fourth-order valence-electron chi connectivity index (χ4n) is 0.838. The summed E-state index contributed by atoms with van der Waals surface area (Å²) in [5.74, 6) is -0.881. The highest BCUT2D eigenvalue weighted by Crippen LogP contribution is 2.20. The molecule has 3 N–H and O–H groups in total. The molecule has 0 aliphatic rings. The second-order valence-electron chi connectivity index (χ2n) is 2.49. The number of aliphatic carboxylic acids is 1. The number of hydrogen-bond donors (Lipinski definition) is 2. The predicted octanol–water partition coefficient (Wildman–Crippen LogP) is 0.926. The number of carboxylic acids is 1. The fourth-order valence-corrected chi connectivity index (χ4v) is 1.62. The van der Waals surface area contributed by atoms with Crippen molar-refractivity contribution < 1.29 is 9.90 Å². The largest absolute Gasteiger partial charge is 0.481 e. The van der Waals surface area contributed by atoms with Crippen molar-refractivity contribution >= 4 is 17.3 Å². The number of nitrogens with zero attached hydrogens (tertiary/aromatic N) is 1. The number of aromatic nitrogens is 1. The molecule has 5 heteroatoms. The van der Waals surface area contributed by atoms with E-state index in [0.717, 1.165) is 9.88 Å². The van der Waals surface area contributed by atoms with E-state index in [9.17, 15) is 4.79 Å². The van der Waals surface area contributed by atoms with Gasteiger partial charge < -0.3 is 10.8 Å². The third-order valence-electron chi connectivity index (χ3n) is 1.40. The van der Waals surface area contributed by atoms with Crippen LogP contribution in [-0.2, 0) is 4.79 Å². The first-order valence-corrected chi connectivity index (χ1v) is 4.31. The molecule has 0 aromatic carbocycles. The number of thiazole rings is 1. The summed E-state index contributed by atoms with van der Waals surface area (Å²) >= 11 is 1.44. The van der Waals surface area contributed by atoms with Crippen LogP contribution in [-0.4, -0.2) is 16.1 Å². The Morgan fingerprint density at radius 2 is 2.58 bits per heavy atom. The van der Waals surface area contributed by atoms with Crippen LogP contribution in [0.1, 0.15) is 22.3 Å². The first-order valence-electron chi connectivity index (χ1n) is 3.49. The van der Waals surface area contributed by atoms with Crippen LogP contribution in [0.2, 0.25) is 0 Å². The Kier molecular flexibility index (Phi) is 2.78. The third kappa shape index (κ3) is 2.28. The highest BCUT2D eigenvalue weighted by Gasteiger charge is 2.12. The van der Waals surface area contributed by atoms with E-state index in [0.29, 0.717) is 0 Å². The SMILES string of the molecule is Cc1ncc(C(N)CC(=O)O)s1. The summed E-state index contributed by atoms with van der Waals surface area (Å²) in [7, 11) is 0. The molecule has 1 atom stereocenters. The van der Waals surface area contributed by atoms with Gasteiger partial charge in [0, 0.05) is 11.1 Å². The van der Waals surface area contributed by atoms with Crippen molar-refractivity contribution in [3.63, 3.8) is 0 Å². The Bertz CT molecular complexity index is 285. The van der Waals surface area contributed by atoms with Crippen LogP contribution in [0.25, 0.3) is 0 Å². The molecule has 4 nitrogen and oxygen atoms in total. The summed E-state index contributed by atoms with van der Waals surface area (Å²) in [6.07, 6.45) is 1.59. The minimum absolute atomic E-state index is 0.0400. The lowest BCUT2D eigenvalue weighted by Crippen LogP contribution is -2.13. The highest BCUT2D eigenvalue weighted by molar-refractivity contribution is 7.11. The van der Waals surface area contributed by atoms with Crippen LogP contribution in [0.15, 0.2) is 6.20 Å². The van der Waals surface area contributed by atoms with Gasteiger partial charge in [0.15, 0.2) is 0 Å². The van der Waals surface area contributed by atoms with Gasteiger partial charge in [-0.1, -0.05) is 0 Å². The second-order valence-corrected chi connectivity index (χ2v) is 3.75. The third-order valence-corrected chi connectivity index (χ3v) is 2.44. The van der Waals surface area contributed by atoms with Gasteiger partial charge in [-0.15, -0.1) is 11.3 Å². The first kappa shape index (κ1) is 9.15. The molecular weight excluding hydrogens is 176 g/mol. The molecule has 1 heterocycles. The zero-order valence-corrected chi connectivity index (χ0v) is 7.47. The fraction of sp³-hybridized carbons (Fsp3) is 0.429. The monoisotopic (exact) mass is 186 g/mol. The summed E-state index contributed by atoms with van der Waals surface area (Å²) < 4.78 is 0. The van der Waals surface area contributed by atoms with Crippen molar-refractivity contribution in [1.82, 2.24) is 4.98 Å². The molecule has 0 aliphatic carbocycles. The van der Waals surface area contributed by atoms with Gasteiger partial charge in [-0.2, -0.15) is 0 Å². The topological polar surface area (TPSA) is 76.2 Å². The van der Waals surface area contributed by atoms with Crippen LogP contribution < -0.4 is 5.73 Å². The molecule has 1 aromatic heterocycles. The number of rotatable bonds is 3. The molecule has 0 fully saturated rings. The van der Waals surface area contributed by atoms with Crippen molar-refractivity contribution in [1.29, 1.82) is 0 Å². The Morgan fingerprint density at radius 3 is 3.00 bits per heavy atom. The van der Waals surface area contributed by atoms with Gasteiger partial charge in [-0.25, -0.2) is 4.98 Å². The highest BCUT2D eigenvalue weighted by atomic mass is 32.1. The lowest BCUT2D eigenvalue weighted by atomic mass is 10.2. The molecule has 0 bridgehead atoms. The van der Waals surface area contributed by atoms with E-state index in [1.165, 1.54) is 11.3 Å². The van der Waals surface area contributed by atoms with E-state index in [-0.39, 0.29) is 6.42 Å². The zero-order chi connectivity index (χ0) is 9.14. The summed E-state index contributed by atoms with van der Waals surface area (Å²) in [5, 5.41) is 9.36. The number of hydrogen-bond acceptors (Lipinski definition) is 4. The summed E-state index contributed by atoms with van der Waals surface area (Å²) in [4.78, 5) is 15.1. The maximum atomic E-state index is 10.3. The van der Waals surface area contributed by atoms with Gasteiger partial charge >= 0.3 is 5.97 Å². The van der Waals surface area contributed by atoms with Gasteiger partial charge in [0.05, 0.1) is 17.5 Å². The van der Waals surface area contributed by atoms with E-state index < -0.39 is 12.0 Å². The minimum Gasteiger partial charge on any atom is -0.481 e. The molecule has 0 amide bonds. The van der Waals surface area contributed by atoms with E-state index >= 15 is 0 Å². The molecule has 0 aliphatic heterocycles. The van der Waals surface area contributed by atoms with Crippen molar-refractivity contribution in [3.05, 3.63) is 16.1 Å². The van der Waals surface area contributed by atoms with Crippen LogP contribution in [0.3, 0.4) is 0 Å². The van der Waals surface area contributed by atoms with Gasteiger partial charge in [-0.05, 0) is 6.92 Å². The van der Waals surface area contributed by atoms with E-state index in [1.807, 2.05) is 6.92 Å². The van der Waals surface area contributed by atoms with Gasteiger partial charge in [0.2, 0.25) is 0 Å². The number of carbonyl (C=O) groups is 1. The van der Waals surface area contributed by atoms with E-state index in [4.69, 9.17) is 10.8 Å². The quantitative estimate of drug-likeness (QED) is 0.736. The zero-order valence-electron chi connectivity index (χ0n) is 6.65. The van der Waals surface area contributed by atoms with Crippen molar-refractivity contribution in [2.45, 2.75) is 19.4 Å². The number of nitrogens with two attached hydrogens (primary N) is 1. The summed E-state index contributed by atoms with van der Waals surface area (Å²) in [6.45, 7) is 1.86. The van der Waals surface area contributed by atoms with Crippen molar-refractivity contribution in [2.75, 3.05) is 0 Å². The molecular formula is C7H10N2O2S. The second kappa shape index (κ2) is 3.64. The predicted molar refractivity (Wildman–Crippen MR) is 46.0 cm³/mol. The molecule has 0 saturated heterocycles. The van der Waals surface area contributed by atoms with Crippen molar-refractivity contribution in [3.8, 4) is 0 Å². The Labute approximate surface area is 74.0 Å². The lowest BCUT2D eigenvalue weighted by molar-refractivity contribution is -0.137. The van der Waals surface area contributed by atoms with Crippen LogP contribution in [0.4, 0.5) is 0 Å². The Balaban J connectivity index is 2.64. The smallest absolute Gasteiger partial charge is 0.305 e. The average molecular weight is 186 g/mol. The number of aryl methyl sites for hydroxylation is 1. The average Bonchev–Trinajstić information content (AvgIpc) is 2.34. The van der Waals surface area contributed by atoms with E-state index in [1.54, 1.807) is 6.20 Å². The maximum Gasteiger partial charge on any atom is 0.305 e. The van der Waals surface area contributed by atoms with Crippen LogP contribution >= 0.6 is 11.3 Å². The normalized spacial score (nSPS) is 12.8. The van der Waals surface area contributed by atoms with Crippen LogP contribution in [0.5, 0.6) is 0 Å². The minimum atomic E-state index is -0.881. The standard InChI is InChI=1S/C7H10N2O2S/c1-4-9-3-6(12-4)5(8)2-7(10)11/h3,5H,2,8H2,1H3,(H,10,11). The van der Waals surface area contributed by atoms with Gasteiger partial charge in [0.1, 0.15) is 0 Å². The molecule has 1 unspecified atom stereocenters. The Hall–Kier alpha value is -0.940. The van der Waals surface area contributed by atoms with Crippen LogP contribution in [0, 0.1) is 6.92 Å². The molecule has 1 rings (SSSR count). The molecule has 66 valence electrons.